The van der Waals surface area contributed by atoms with E-state index in [1.165, 1.54) is 24.7 Å². The number of nitrogens with one attached hydrogen (secondary N) is 3. The molecule has 1 aromatic heterocycles. The molecule has 3 atom stereocenters. The monoisotopic (exact) mass is 355 g/mol. The molecule has 130 valence electrons. The van der Waals surface area contributed by atoms with E-state index in [1.807, 2.05) is 36.4 Å². The van der Waals surface area contributed by atoms with Crippen LogP contribution in [0.5, 0.6) is 0 Å². The lowest BCUT2D eigenvalue weighted by Gasteiger charge is -2.21. The van der Waals surface area contributed by atoms with Crippen LogP contribution in [0.15, 0.2) is 36.4 Å². The summed E-state index contributed by atoms with van der Waals surface area (Å²) in [5, 5.41) is 9.56. The van der Waals surface area contributed by atoms with E-state index in [4.69, 9.17) is 0 Å². The highest BCUT2D eigenvalue weighted by Gasteiger charge is 2.39. The summed E-state index contributed by atoms with van der Waals surface area (Å²) in [5.74, 6) is -0.113. The molecule has 1 aromatic carbocycles. The molecule has 3 heterocycles. The minimum atomic E-state index is -0.106. The van der Waals surface area contributed by atoms with Gasteiger partial charge in [0, 0.05) is 41.2 Å². The molecule has 5 nitrogen and oxygen atoms in total. The fourth-order valence-electron chi connectivity index (χ4n) is 3.82. The van der Waals surface area contributed by atoms with E-state index in [0.29, 0.717) is 17.0 Å². The van der Waals surface area contributed by atoms with Crippen molar-refractivity contribution in [1.29, 1.82) is 0 Å². The maximum absolute atomic E-state index is 12.6. The smallest absolute Gasteiger partial charge is 0.261 e. The molecule has 4 rings (SSSR count). The van der Waals surface area contributed by atoms with Gasteiger partial charge in [-0.05, 0) is 37.5 Å². The van der Waals surface area contributed by atoms with Gasteiger partial charge in [-0.2, -0.15) is 0 Å². The Balaban J connectivity index is 1.50. The fourth-order valence-corrected chi connectivity index (χ4v) is 4.77. The largest absolute Gasteiger partial charge is 0.347 e. The molecule has 2 saturated heterocycles. The van der Waals surface area contributed by atoms with Crippen molar-refractivity contribution >= 4 is 28.8 Å². The van der Waals surface area contributed by atoms with Crippen LogP contribution in [0.25, 0.3) is 10.4 Å². The van der Waals surface area contributed by atoms with Gasteiger partial charge in [-0.1, -0.05) is 18.2 Å². The summed E-state index contributed by atoms with van der Waals surface area (Å²) < 4.78 is 0. The van der Waals surface area contributed by atoms with Gasteiger partial charge >= 0.3 is 0 Å². The van der Waals surface area contributed by atoms with Gasteiger partial charge in [0.15, 0.2) is 0 Å². The topological polar surface area (TPSA) is 70.2 Å². The summed E-state index contributed by atoms with van der Waals surface area (Å²) in [6.07, 6.45) is 3.40. The van der Waals surface area contributed by atoms with Crippen LogP contribution in [0.4, 0.5) is 5.69 Å². The van der Waals surface area contributed by atoms with Gasteiger partial charge in [0.1, 0.15) is 0 Å². The molecule has 2 bridgehead atoms. The second-order valence-corrected chi connectivity index (χ2v) is 7.84. The average molecular weight is 355 g/mol. The number of carbonyl (C=O) groups is 2. The van der Waals surface area contributed by atoms with Crippen LogP contribution in [-0.4, -0.2) is 29.9 Å². The third-order valence-corrected chi connectivity index (χ3v) is 6.07. The SMILES string of the molecule is CC(=O)Nc1ccccc1-c1ccc(C(=O)N[C@@H]2C[C@@H]3CC[C@@H]2N3)s1. The van der Waals surface area contributed by atoms with Crippen molar-refractivity contribution in [3.8, 4) is 10.4 Å². The highest BCUT2D eigenvalue weighted by Crippen LogP contribution is 2.34. The molecule has 2 fully saturated rings. The van der Waals surface area contributed by atoms with Gasteiger partial charge in [0.2, 0.25) is 5.91 Å². The van der Waals surface area contributed by atoms with Gasteiger partial charge in [-0.3, -0.25) is 9.59 Å². The number of amides is 2. The Kier molecular flexibility index (Phi) is 4.31. The second-order valence-electron chi connectivity index (χ2n) is 6.75. The van der Waals surface area contributed by atoms with E-state index in [-0.39, 0.29) is 17.9 Å². The van der Waals surface area contributed by atoms with Crippen molar-refractivity contribution in [2.24, 2.45) is 0 Å². The molecule has 25 heavy (non-hydrogen) atoms. The summed E-state index contributed by atoms with van der Waals surface area (Å²) in [6.45, 7) is 1.49. The normalized spacial score (nSPS) is 24.3. The van der Waals surface area contributed by atoms with E-state index in [2.05, 4.69) is 16.0 Å². The number of carbonyl (C=O) groups excluding carboxylic acids is 2. The Bertz CT molecular complexity index is 817. The molecule has 2 aromatic rings. The first-order chi connectivity index (χ1) is 12.1. The number of para-hydroxylation sites is 1. The molecule has 2 amide bonds. The summed E-state index contributed by atoms with van der Waals surface area (Å²) in [4.78, 5) is 25.7. The van der Waals surface area contributed by atoms with Crippen molar-refractivity contribution in [3.05, 3.63) is 41.3 Å². The highest BCUT2D eigenvalue weighted by atomic mass is 32.1. The van der Waals surface area contributed by atoms with Crippen LogP contribution >= 0.6 is 11.3 Å². The zero-order valence-electron chi connectivity index (χ0n) is 14.0. The fraction of sp³-hybridized carbons (Fsp3) is 0.368. The Hall–Kier alpha value is -2.18. The molecule has 0 unspecified atom stereocenters. The lowest BCUT2D eigenvalue weighted by atomic mass is 9.95. The van der Waals surface area contributed by atoms with Crippen LogP contribution in [0.2, 0.25) is 0 Å². The molecule has 6 heteroatoms. The van der Waals surface area contributed by atoms with Crippen LogP contribution in [0.3, 0.4) is 0 Å². The lowest BCUT2D eigenvalue weighted by Crippen LogP contribution is -2.42. The zero-order valence-corrected chi connectivity index (χ0v) is 14.9. The standard InChI is InChI=1S/C19H21N3O2S/c1-11(23)20-14-5-3-2-4-13(14)17-8-9-18(25-17)19(24)22-16-10-12-6-7-15(16)21-12/h2-5,8-9,12,15-16,21H,6-7,10H2,1H3,(H,20,23)(H,22,24)/t12-,15-,16+/m0/s1. The maximum Gasteiger partial charge on any atom is 0.261 e. The summed E-state index contributed by atoms with van der Waals surface area (Å²) in [5.41, 5.74) is 1.70. The number of benzene rings is 1. The lowest BCUT2D eigenvalue weighted by molar-refractivity contribution is -0.114. The first-order valence-electron chi connectivity index (χ1n) is 8.64. The third-order valence-electron chi connectivity index (χ3n) is 4.95. The van der Waals surface area contributed by atoms with Crippen molar-refractivity contribution in [2.75, 3.05) is 5.32 Å². The molecule has 3 N–H and O–H groups in total. The maximum atomic E-state index is 12.6. The van der Waals surface area contributed by atoms with Crippen molar-refractivity contribution in [2.45, 2.75) is 44.3 Å². The van der Waals surface area contributed by atoms with Gasteiger partial charge in [0.25, 0.3) is 5.91 Å². The number of hydrogen-bond acceptors (Lipinski definition) is 4. The van der Waals surface area contributed by atoms with E-state index < -0.39 is 0 Å². The van der Waals surface area contributed by atoms with Crippen molar-refractivity contribution < 1.29 is 9.59 Å². The first kappa shape index (κ1) is 16.3. The molecule has 2 aliphatic heterocycles. The average Bonchev–Trinajstić information content (AvgIpc) is 3.31. The summed E-state index contributed by atoms with van der Waals surface area (Å²) in [7, 11) is 0. The highest BCUT2D eigenvalue weighted by molar-refractivity contribution is 7.17. The molecule has 0 radical (unpaired) electrons. The first-order valence-corrected chi connectivity index (χ1v) is 9.45. The van der Waals surface area contributed by atoms with Crippen LogP contribution in [0, 0.1) is 0 Å². The number of anilines is 1. The van der Waals surface area contributed by atoms with Gasteiger partial charge in [0.05, 0.1) is 4.88 Å². The van der Waals surface area contributed by atoms with E-state index in [1.54, 1.807) is 0 Å². The quantitative estimate of drug-likeness (QED) is 0.790. The third kappa shape index (κ3) is 3.32. The second kappa shape index (κ2) is 6.61. The molecular formula is C19H21N3O2S. The van der Waals surface area contributed by atoms with E-state index in [0.717, 1.165) is 29.0 Å². The molecule has 0 aliphatic carbocycles. The minimum Gasteiger partial charge on any atom is -0.347 e. The number of hydrogen-bond donors (Lipinski definition) is 3. The van der Waals surface area contributed by atoms with Crippen LogP contribution in [0.1, 0.15) is 35.9 Å². The van der Waals surface area contributed by atoms with Gasteiger partial charge in [-0.15, -0.1) is 11.3 Å². The summed E-state index contributed by atoms with van der Waals surface area (Å²) in [6, 6.07) is 12.7. The van der Waals surface area contributed by atoms with E-state index in [9.17, 15) is 9.59 Å². The van der Waals surface area contributed by atoms with Gasteiger partial charge in [-0.25, -0.2) is 0 Å². The minimum absolute atomic E-state index is 0.00684. The Morgan fingerprint density at radius 2 is 2.00 bits per heavy atom. The molecule has 0 saturated carbocycles. The van der Waals surface area contributed by atoms with Crippen LogP contribution < -0.4 is 16.0 Å². The summed E-state index contributed by atoms with van der Waals surface area (Å²) >= 11 is 1.45. The predicted octanol–water partition coefficient (Wildman–Crippen LogP) is 3.00. The molecule has 2 aliphatic rings. The van der Waals surface area contributed by atoms with Crippen molar-refractivity contribution in [3.63, 3.8) is 0 Å². The number of thiophene rings is 1. The van der Waals surface area contributed by atoms with Crippen LogP contribution in [-0.2, 0) is 4.79 Å². The predicted molar refractivity (Wildman–Crippen MR) is 99.9 cm³/mol. The number of fused-ring (bicyclic) bond motifs is 2. The Labute approximate surface area is 150 Å². The van der Waals surface area contributed by atoms with Crippen molar-refractivity contribution in [1.82, 2.24) is 10.6 Å². The number of rotatable bonds is 4. The van der Waals surface area contributed by atoms with E-state index >= 15 is 0 Å². The zero-order chi connectivity index (χ0) is 17.4. The Morgan fingerprint density at radius 3 is 2.72 bits per heavy atom. The molecule has 0 spiro atoms. The van der Waals surface area contributed by atoms with Gasteiger partial charge < -0.3 is 16.0 Å². The molecular weight excluding hydrogens is 334 g/mol. The Morgan fingerprint density at radius 1 is 1.16 bits per heavy atom.